The second-order valence-electron chi connectivity index (χ2n) is 6.45. The summed E-state index contributed by atoms with van der Waals surface area (Å²) >= 11 is 0. The third-order valence-electron chi connectivity index (χ3n) is 3.01. The Morgan fingerprint density at radius 1 is 1.08 bits per heavy atom. The molecule has 0 radical (unpaired) electrons. The molecule has 0 aliphatic rings. The minimum Gasteiger partial charge on any atom is -0.319 e. The van der Waals surface area contributed by atoms with Crippen LogP contribution in [0.1, 0.15) is 37.0 Å². The molecule has 1 amide bonds. The number of aromatic nitrogens is 2. The summed E-state index contributed by atoms with van der Waals surface area (Å²) in [5.41, 5.74) is 0.941. The van der Waals surface area contributed by atoms with Crippen molar-refractivity contribution in [2.75, 3.05) is 16.3 Å². The summed E-state index contributed by atoms with van der Waals surface area (Å²) in [5.74, 6) is 0.305. The number of carbonyl (C=O) groups is 1. The molecule has 8 heteroatoms. The lowest BCUT2D eigenvalue weighted by atomic mass is 9.96. The van der Waals surface area contributed by atoms with Gasteiger partial charge in [0.25, 0.3) is 5.91 Å². The van der Waals surface area contributed by atoms with Gasteiger partial charge in [0.15, 0.2) is 0 Å². The highest BCUT2D eigenvalue weighted by Crippen LogP contribution is 2.19. The van der Waals surface area contributed by atoms with Crippen molar-refractivity contribution in [1.29, 1.82) is 0 Å². The zero-order valence-electron chi connectivity index (χ0n) is 14.0. The molecular formula is C16H20N4O3S. The van der Waals surface area contributed by atoms with E-state index in [4.69, 9.17) is 0 Å². The van der Waals surface area contributed by atoms with Crippen molar-refractivity contribution < 1.29 is 13.2 Å². The lowest BCUT2D eigenvalue weighted by Gasteiger charge is -2.16. The number of amides is 1. The smallest absolute Gasteiger partial charge is 0.255 e. The monoisotopic (exact) mass is 348 g/mol. The van der Waals surface area contributed by atoms with E-state index in [1.54, 1.807) is 30.6 Å². The number of hydrogen-bond acceptors (Lipinski definition) is 5. The van der Waals surface area contributed by atoms with Crippen molar-refractivity contribution >= 4 is 27.3 Å². The Balaban J connectivity index is 2.14. The van der Waals surface area contributed by atoms with Gasteiger partial charge in [-0.15, -0.1) is 0 Å². The highest BCUT2D eigenvalue weighted by Gasteiger charge is 2.17. The summed E-state index contributed by atoms with van der Waals surface area (Å²) in [4.78, 5) is 20.8. The summed E-state index contributed by atoms with van der Waals surface area (Å²) < 4.78 is 24.8. The second-order valence-corrected chi connectivity index (χ2v) is 8.20. The number of rotatable bonds is 4. The van der Waals surface area contributed by atoms with Crippen LogP contribution in [0.25, 0.3) is 0 Å². The molecule has 2 N–H and O–H groups in total. The van der Waals surface area contributed by atoms with E-state index in [1.807, 2.05) is 20.8 Å². The molecule has 0 unspecified atom stereocenters. The van der Waals surface area contributed by atoms with Crippen molar-refractivity contribution in [3.05, 3.63) is 48.0 Å². The maximum Gasteiger partial charge on any atom is 0.255 e. The number of carbonyl (C=O) groups excluding carboxylic acids is 1. The highest BCUT2D eigenvalue weighted by atomic mass is 32.2. The zero-order chi connectivity index (χ0) is 18.0. The molecule has 1 heterocycles. The maximum absolute atomic E-state index is 12.3. The summed E-state index contributed by atoms with van der Waals surface area (Å²) in [7, 11) is -3.40. The van der Waals surface area contributed by atoms with Crippen LogP contribution >= 0.6 is 0 Å². The van der Waals surface area contributed by atoms with Crippen LogP contribution < -0.4 is 10.0 Å². The average Bonchev–Trinajstić information content (AvgIpc) is 2.45. The molecule has 7 nitrogen and oxygen atoms in total. The number of nitrogens with zero attached hydrogens (tertiary/aromatic N) is 2. The van der Waals surface area contributed by atoms with E-state index in [0.717, 1.165) is 6.26 Å². The molecule has 24 heavy (non-hydrogen) atoms. The summed E-state index contributed by atoms with van der Waals surface area (Å²) in [6, 6.07) is 6.22. The number of hydrogen-bond donors (Lipinski definition) is 2. The topological polar surface area (TPSA) is 101 Å². The van der Waals surface area contributed by atoms with E-state index in [-0.39, 0.29) is 11.3 Å². The van der Waals surface area contributed by atoms with Crippen LogP contribution in [-0.4, -0.2) is 30.5 Å². The van der Waals surface area contributed by atoms with Gasteiger partial charge in [0.2, 0.25) is 10.0 Å². The number of sulfonamides is 1. The molecule has 0 aliphatic heterocycles. The molecule has 1 aromatic heterocycles. The van der Waals surface area contributed by atoms with Crippen LogP contribution in [0.15, 0.2) is 36.7 Å². The highest BCUT2D eigenvalue weighted by molar-refractivity contribution is 7.92. The molecule has 2 aromatic rings. The van der Waals surface area contributed by atoms with E-state index in [0.29, 0.717) is 22.8 Å². The van der Waals surface area contributed by atoms with E-state index in [9.17, 15) is 13.2 Å². The molecule has 0 spiro atoms. The van der Waals surface area contributed by atoms with Gasteiger partial charge >= 0.3 is 0 Å². The van der Waals surface area contributed by atoms with Crippen LogP contribution in [-0.2, 0) is 15.4 Å². The molecule has 1 aromatic carbocycles. The quantitative estimate of drug-likeness (QED) is 0.883. The predicted octanol–water partition coefficient (Wildman–Crippen LogP) is 2.40. The first-order valence-corrected chi connectivity index (χ1v) is 9.15. The Labute approximate surface area is 141 Å². The van der Waals surface area contributed by atoms with Gasteiger partial charge in [-0.25, -0.2) is 18.4 Å². The van der Waals surface area contributed by atoms with Gasteiger partial charge in [0, 0.05) is 16.7 Å². The molecule has 2 rings (SSSR count). The van der Waals surface area contributed by atoms with Crippen molar-refractivity contribution in [2.45, 2.75) is 26.2 Å². The van der Waals surface area contributed by atoms with Gasteiger partial charge in [-0.3, -0.25) is 9.52 Å². The number of anilines is 2. The normalized spacial score (nSPS) is 11.8. The van der Waals surface area contributed by atoms with E-state index >= 15 is 0 Å². The Bertz CT molecular complexity index is 840. The average molecular weight is 348 g/mol. The van der Waals surface area contributed by atoms with Gasteiger partial charge < -0.3 is 5.32 Å². The molecule has 0 fully saturated rings. The van der Waals surface area contributed by atoms with Crippen molar-refractivity contribution in [1.82, 2.24) is 9.97 Å². The standard InChI is InChI=1S/C16H20N4O3S/c1-16(2,3)15-17-9-13(10-18-15)19-14(21)11-6-5-7-12(8-11)20-24(4,22)23/h5-10,20H,1-4H3,(H,19,21). The fourth-order valence-electron chi connectivity index (χ4n) is 1.92. The van der Waals surface area contributed by atoms with Crippen molar-refractivity contribution in [3.63, 3.8) is 0 Å². The van der Waals surface area contributed by atoms with Crippen LogP contribution in [0.2, 0.25) is 0 Å². The van der Waals surface area contributed by atoms with Crippen LogP contribution in [0.5, 0.6) is 0 Å². The van der Waals surface area contributed by atoms with Gasteiger partial charge in [-0.2, -0.15) is 0 Å². The molecular weight excluding hydrogens is 328 g/mol. The lowest BCUT2D eigenvalue weighted by molar-refractivity contribution is 0.102. The number of benzene rings is 1. The lowest BCUT2D eigenvalue weighted by Crippen LogP contribution is -2.17. The minimum absolute atomic E-state index is 0.172. The molecule has 0 saturated heterocycles. The Morgan fingerprint density at radius 3 is 2.25 bits per heavy atom. The predicted molar refractivity (Wildman–Crippen MR) is 93.6 cm³/mol. The van der Waals surface area contributed by atoms with Gasteiger partial charge in [0.1, 0.15) is 5.82 Å². The zero-order valence-corrected chi connectivity index (χ0v) is 14.8. The molecule has 0 aliphatic carbocycles. The van der Waals surface area contributed by atoms with E-state index < -0.39 is 10.0 Å². The Kier molecular flexibility index (Phi) is 4.88. The summed E-state index contributed by atoms with van der Waals surface area (Å²) in [5, 5.41) is 2.69. The Morgan fingerprint density at radius 2 is 1.71 bits per heavy atom. The van der Waals surface area contributed by atoms with Crippen LogP contribution in [0.4, 0.5) is 11.4 Å². The fraction of sp³-hybridized carbons (Fsp3) is 0.312. The molecule has 0 saturated carbocycles. The summed E-state index contributed by atoms with van der Waals surface area (Å²) in [6.45, 7) is 6.00. The first kappa shape index (κ1) is 17.9. The van der Waals surface area contributed by atoms with Gasteiger partial charge in [-0.1, -0.05) is 26.8 Å². The molecule has 0 atom stereocenters. The second kappa shape index (κ2) is 6.56. The SMILES string of the molecule is CC(C)(C)c1ncc(NC(=O)c2cccc(NS(C)(=O)=O)c2)cn1. The first-order valence-electron chi connectivity index (χ1n) is 7.26. The first-order chi connectivity index (χ1) is 11.0. The minimum atomic E-state index is -3.40. The molecule has 128 valence electrons. The fourth-order valence-corrected chi connectivity index (χ4v) is 2.48. The van der Waals surface area contributed by atoms with Crippen molar-refractivity contribution in [3.8, 4) is 0 Å². The summed E-state index contributed by atoms with van der Waals surface area (Å²) in [6.07, 6.45) is 4.14. The maximum atomic E-state index is 12.3. The van der Waals surface area contributed by atoms with Crippen molar-refractivity contribution in [2.24, 2.45) is 0 Å². The molecule has 0 bridgehead atoms. The van der Waals surface area contributed by atoms with E-state index in [1.165, 1.54) is 6.07 Å². The van der Waals surface area contributed by atoms with Gasteiger partial charge in [-0.05, 0) is 18.2 Å². The number of nitrogens with one attached hydrogen (secondary N) is 2. The van der Waals surface area contributed by atoms with Crippen LogP contribution in [0, 0.1) is 0 Å². The third kappa shape index (κ3) is 5.02. The van der Waals surface area contributed by atoms with Gasteiger partial charge in [0.05, 0.1) is 24.3 Å². The van der Waals surface area contributed by atoms with Crippen LogP contribution in [0.3, 0.4) is 0 Å². The van der Waals surface area contributed by atoms with E-state index in [2.05, 4.69) is 20.0 Å². The Hall–Kier alpha value is -2.48. The largest absolute Gasteiger partial charge is 0.319 e. The third-order valence-corrected chi connectivity index (χ3v) is 3.62.